The van der Waals surface area contributed by atoms with E-state index in [9.17, 15) is 4.79 Å². The van der Waals surface area contributed by atoms with Crippen molar-refractivity contribution < 1.29 is 4.79 Å². The highest BCUT2D eigenvalue weighted by Gasteiger charge is 2.05. The molecule has 3 nitrogen and oxygen atoms in total. The lowest BCUT2D eigenvalue weighted by molar-refractivity contribution is -0.115. The van der Waals surface area contributed by atoms with E-state index in [0.717, 1.165) is 11.3 Å². The minimum Gasteiger partial charge on any atom is -0.310 e. The zero-order valence-corrected chi connectivity index (χ0v) is 10.7. The van der Waals surface area contributed by atoms with Gasteiger partial charge >= 0.3 is 0 Å². The van der Waals surface area contributed by atoms with Crippen molar-refractivity contribution in [3.63, 3.8) is 0 Å². The smallest absolute Gasteiger partial charge is 0.229 e. The lowest BCUT2D eigenvalue weighted by Crippen LogP contribution is -2.15. The first-order valence-electron chi connectivity index (χ1n) is 5.61. The lowest BCUT2D eigenvalue weighted by Gasteiger charge is -2.05. The second-order valence-corrected chi connectivity index (χ2v) is 4.46. The number of benzene rings is 1. The van der Waals surface area contributed by atoms with Gasteiger partial charge in [0.1, 0.15) is 5.82 Å². The van der Waals surface area contributed by atoms with Gasteiger partial charge in [-0.2, -0.15) is 0 Å². The predicted octanol–water partition coefficient (Wildman–Crippen LogP) is 3.22. The Morgan fingerprint density at radius 1 is 1.28 bits per heavy atom. The van der Waals surface area contributed by atoms with Crippen LogP contribution in [0, 0.1) is 6.92 Å². The summed E-state index contributed by atoms with van der Waals surface area (Å²) in [7, 11) is 0. The first-order valence-corrected chi connectivity index (χ1v) is 5.99. The highest BCUT2D eigenvalue weighted by Crippen LogP contribution is 2.12. The molecule has 1 heterocycles. The molecular formula is C14H13ClN2O. The summed E-state index contributed by atoms with van der Waals surface area (Å²) in [6, 6.07) is 12.8. The Balaban J connectivity index is 2.01. The molecule has 1 amide bonds. The first-order chi connectivity index (χ1) is 8.63. The molecule has 0 aliphatic heterocycles. The molecule has 1 aromatic heterocycles. The molecule has 0 bridgehead atoms. The average molecular weight is 261 g/mol. The van der Waals surface area contributed by atoms with Gasteiger partial charge < -0.3 is 5.32 Å². The SMILES string of the molecule is Cc1cccc(NC(=O)Cc2cccc(Cl)c2)n1. The normalized spacial score (nSPS) is 10.1. The van der Waals surface area contributed by atoms with Crippen LogP contribution in [0.3, 0.4) is 0 Å². The van der Waals surface area contributed by atoms with Crippen LogP contribution in [-0.4, -0.2) is 10.9 Å². The molecule has 0 aliphatic carbocycles. The van der Waals surface area contributed by atoms with Crippen LogP contribution in [0.5, 0.6) is 0 Å². The molecule has 92 valence electrons. The average Bonchev–Trinajstić information content (AvgIpc) is 2.28. The minimum absolute atomic E-state index is 0.102. The van der Waals surface area contributed by atoms with Crippen LogP contribution in [0.15, 0.2) is 42.5 Å². The van der Waals surface area contributed by atoms with E-state index in [2.05, 4.69) is 10.3 Å². The third kappa shape index (κ3) is 3.57. The first kappa shape index (κ1) is 12.6. The van der Waals surface area contributed by atoms with Crippen LogP contribution in [-0.2, 0) is 11.2 Å². The number of hydrogen-bond acceptors (Lipinski definition) is 2. The molecule has 1 aromatic carbocycles. The largest absolute Gasteiger partial charge is 0.310 e. The molecule has 2 rings (SSSR count). The van der Waals surface area contributed by atoms with E-state index < -0.39 is 0 Å². The van der Waals surface area contributed by atoms with Crippen LogP contribution < -0.4 is 5.32 Å². The van der Waals surface area contributed by atoms with Crippen molar-refractivity contribution in [1.82, 2.24) is 4.98 Å². The van der Waals surface area contributed by atoms with E-state index >= 15 is 0 Å². The van der Waals surface area contributed by atoms with Gasteiger partial charge in [-0.25, -0.2) is 4.98 Å². The number of hydrogen-bond donors (Lipinski definition) is 1. The van der Waals surface area contributed by atoms with Gasteiger partial charge in [-0.15, -0.1) is 0 Å². The molecule has 0 atom stereocenters. The zero-order chi connectivity index (χ0) is 13.0. The second-order valence-electron chi connectivity index (χ2n) is 4.02. The Hall–Kier alpha value is -1.87. The maximum atomic E-state index is 11.8. The summed E-state index contributed by atoms with van der Waals surface area (Å²) >= 11 is 5.87. The van der Waals surface area contributed by atoms with Crippen LogP contribution in [0.1, 0.15) is 11.3 Å². The number of nitrogens with one attached hydrogen (secondary N) is 1. The number of carbonyl (C=O) groups is 1. The number of nitrogens with zero attached hydrogens (tertiary/aromatic N) is 1. The molecule has 18 heavy (non-hydrogen) atoms. The van der Waals surface area contributed by atoms with Gasteiger partial charge in [0.05, 0.1) is 6.42 Å². The van der Waals surface area contributed by atoms with Crippen LogP contribution in [0.25, 0.3) is 0 Å². The molecule has 2 aromatic rings. The Morgan fingerprint density at radius 3 is 2.78 bits per heavy atom. The Kier molecular flexibility index (Phi) is 3.95. The molecule has 0 spiro atoms. The molecule has 0 radical (unpaired) electrons. The monoisotopic (exact) mass is 260 g/mol. The predicted molar refractivity (Wildman–Crippen MR) is 72.8 cm³/mol. The van der Waals surface area contributed by atoms with Gasteiger partial charge in [0.2, 0.25) is 5.91 Å². The van der Waals surface area contributed by atoms with E-state index in [-0.39, 0.29) is 12.3 Å². The number of aromatic nitrogens is 1. The molecule has 0 aliphatic rings. The van der Waals surface area contributed by atoms with Crippen LogP contribution in [0.4, 0.5) is 5.82 Å². The summed E-state index contributed by atoms with van der Waals surface area (Å²) in [4.78, 5) is 16.0. The zero-order valence-electron chi connectivity index (χ0n) is 9.98. The quantitative estimate of drug-likeness (QED) is 0.921. The number of rotatable bonds is 3. The summed E-state index contributed by atoms with van der Waals surface area (Å²) < 4.78 is 0. The van der Waals surface area contributed by atoms with Gasteiger partial charge in [-0.05, 0) is 36.8 Å². The number of pyridine rings is 1. The Bertz CT molecular complexity index is 520. The van der Waals surface area contributed by atoms with Gasteiger partial charge in [0.25, 0.3) is 0 Å². The lowest BCUT2D eigenvalue weighted by atomic mass is 10.1. The highest BCUT2D eigenvalue weighted by molar-refractivity contribution is 6.30. The second kappa shape index (κ2) is 5.65. The fourth-order valence-electron chi connectivity index (χ4n) is 1.63. The topological polar surface area (TPSA) is 42.0 Å². The molecular weight excluding hydrogens is 248 g/mol. The van der Waals surface area contributed by atoms with E-state index in [1.54, 1.807) is 18.2 Å². The number of amides is 1. The maximum Gasteiger partial charge on any atom is 0.229 e. The molecule has 1 N–H and O–H groups in total. The van der Waals surface area contributed by atoms with Crippen LogP contribution >= 0.6 is 11.6 Å². The standard InChI is InChI=1S/C14H13ClN2O/c1-10-4-2-7-13(16-10)17-14(18)9-11-5-3-6-12(15)8-11/h2-8H,9H2,1H3,(H,16,17,18). The number of carbonyl (C=O) groups excluding carboxylic acids is 1. The third-order valence-corrected chi connectivity index (χ3v) is 2.64. The van der Waals surface area contributed by atoms with Crippen molar-refractivity contribution in [2.45, 2.75) is 13.3 Å². The number of aryl methyl sites for hydroxylation is 1. The van der Waals surface area contributed by atoms with E-state index in [4.69, 9.17) is 11.6 Å². The van der Waals surface area contributed by atoms with Gasteiger partial charge in [-0.3, -0.25) is 4.79 Å². The van der Waals surface area contributed by atoms with Gasteiger partial charge in [-0.1, -0.05) is 29.8 Å². The summed E-state index contributed by atoms with van der Waals surface area (Å²) in [6.45, 7) is 1.88. The summed E-state index contributed by atoms with van der Waals surface area (Å²) in [6.07, 6.45) is 0.288. The highest BCUT2D eigenvalue weighted by atomic mass is 35.5. The van der Waals surface area contributed by atoms with Crippen molar-refractivity contribution >= 4 is 23.3 Å². The Morgan fingerprint density at radius 2 is 2.06 bits per heavy atom. The van der Waals surface area contributed by atoms with Crippen molar-refractivity contribution in [3.8, 4) is 0 Å². The van der Waals surface area contributed by atoms with Crippen molar-refractivity contribution in [1.29, 1.82) is 0 Å². The fourth-order valence-corrected chi connectivity index (χ4v) is 1.84. The molecule has 0 saturated heterocycles. The van der Waals surface area contributed by atoms with E-state index in [1.165, 1.54) is 0 Å². The number of anilines is 1. The van der Waals surface area contributed by atoms with E-state index in [1.807, 2.05) is 31.2 Å². The molecule has 0 saturated carbocycles. The molecule has 0 fully saturated rings. The minimum atomic E-state index is -0.102. The summed E-state index contributed by atoms with van der Waals surface area (Å²) in [5, 5.41) is 3.39. The summed E-state index contributed by atoms with van der Waals surface area (Å²) in [5.74, 6) is 0.470. The van der Waals surface area contributed by atoms with Crippen molar-refractivity contribution in [2.75, 3.05) is 5.32 Å². The van der Waals surface area contributed by atoms with Crippen LogP contribution in [0.2, 0.25) is 5.02 Å². The molecule has 4 heteroatoms. The number of halogens is 1. The van der Waals surface area contributed by atoms with Gasteiger partial charge in [0, 0.05) is 10.7 Å². The molecule has 0 unspecified atom stereocenters. The summed E-state index contributed by atoms with van der Waals surface area (Å²) in [5.41, 5.74) is 1.75. The van der Waals surface area contributed by atoms with Crippen molar-refractivity contribution in [2.24, 2.45) is 0 Å². The van der Waals surface area contributed by atoms with E-state index in [0.29, 0.717) is 10.8 Å². The van der Waals surface area contributed by atoms with Crippen molar-refractivity contribution in [3.05, 3.63) is 58.7 Å². The van der Waals surface area contributed by atoms with Gasteiger partial charge in [0.15, 0.2) is 0 Å². The fraction of sp³-hybridized carbons (Fsp3) is 0.143. The third-order valence-electron chi connectivity index (χ3n) is 2.41. The Labute approximate surface area is 111 Å². The maximum absolute atomic E-state index is 11.8.